The number of aryl methyl sites for hydroxylation is 2. The molecule has 0 fully saturated rings. The summed E-state index contributed by atoms with van der Waals surface area (Å²) in [6, 6.07) is 12.9. The SMILES string of the molecule is CCCCCCCCCCc1cnc(-c2ccc(-c3ccc(CCCC)cc3)nc2)nc1. The number of nitrogens with zero attached hydrogens (tertiary/aromatic N) is 3. The first kappa shape index (κ1) is 24.1. The van der Waals surface area contributed by atoms with Gasteiger partial charge in [0.2, 0.25) is 0 Å². The van der Waals surface area contributed by atoms with Crippen molar-refractivity contribution >= 4 is 0 Å². The van der Waals surface area contributed by atoms with E-state index in [0.29, 0.717) is 0 Å². The fraction of sp³-hybridized carbons (Fsp3) is 0.483. The van der Waals surface area contributed by atoms with E-state index in [1.54, 1.807) is 0 Å². The summed E-state index contributed by atoms with van der Waals surface area (Å²) in [5, 5.41) is 0. The van der Waals surface area contributed by atoms with E-state index in [2.05, 4.69) is 65.2 Å². The molecule has 170 valence electrons. The van der Waals surface area contributed by atoms with Gasteiger partial charge in [-0.05, 0) is 48.9 Å². The first-order chi connectivity index (χ1) is 15.8. The molecule has 0 aliphatic heterocycles. The zero-order valence-electron chi connectivity index (χ0n) is 20.0. The van der Waals surface area contributed by atoms with Crippen LogP contribution in [0.1, 0.15) is 89.2 Å². The monoisotopic (exact) mass is 429 g/mol. The Morgan fingerprint density at radius 2 is 1.09 bits per heavy atom. The lowest BCUT2D eigenvalue weighted by Gasteiger charge is -2.06. The molecule has 2 aromatic heterocycles. The highest BCUT2D eigenvalue weighted by Crippen LogP contribution is 2.21. The molecular formula is C29H39N3. The molecule has 0 aliphatic carbocycles. The van der Waals surface area contributed by atoms with E-state index in [1.165, 1.54) is 75.3 Å². The lowest BCUT2D eigenvalue weighted by molar-refractivity contribution is 0.575. The highest BCUT2D eigenvalue weighted by atomic mass is 14.9. The maximum absolute atomic E-state index is 4.66. The molecule has 2 heterocycles. The number of unbranched alkanes of at least 4 members (excludes halogenated alkanes) is 8. The third kappa shape index (κ3) is 7.85. The van der Waals surface area contributed by atoms with E-state index in [9.17, 15) is 0 Å². The largest absolute Gasteiger partial charge is 0.255 e. The average Bonchev–Trinajstić information content (AvgIpc) is 2.85. The second-order valence-corrected chi connectivity index (χ2v) is 8.87. The average molecular weight is 430 g/mol. The smallest absolute Gasteiger partial charge is 0.160 e. The Bertz CT molecular complexity index is 883. The molecule has 3 rings (SSSR count). The van der Waals surface area contributed by atoms with Gasteiger partial charge in [-0.3, -0.25) is 4.98 Å². The molecule has 32 heavy (non-hydrogen) atoms. The number of rotatable bonds is 14. The topological polar surface area (TPSA) is 38.7 Å². The molecule has 0 saturated heterocycles. The third-order valence-corrected chi connectivity index (χ3v) is 6.11. The zero-order valence-corrected chi connectivity index (χ0v) is 20.0. The summed E-state index contributed by atoms with van der Waals surface area (Å²) in [6.45, 7) is 4.50. The summed E-state index contributed by atoms with van der Waals surface area (Å²) in [6.07, 6.45) is 21.3. The van der Waals surface area contributed by atoms with Gasteiger partial charge in [0.25, 0.3) is 0 Å². The molecule has 1 aromatic carbocycles. The van der Waals surface area contributed by atoms with Gasteiger partial charge in [-0.2, -0.15) is 0 Å². The van der Waals surface area contributed by atoms with Crippen LogP contribution in [0.5, 0.6) is 0 Å². The van der Waals surface area contributed by atoms with Gasteiger partial charge < -0.3 is 0 Å². The maximum atomic E-state index is 4.66. The summed E-state index contributed by atoms with van der Waals surface area (Å²) in [7, 11) is 0. The van der Waals surface area contributed by atoms with Gasteiger partial charge in [0, 0.05) is 29.7 Å². The molecule has 0 aliphatic rings. The normalized spacial score (nSPS) is 11.1. The van der Waals surface area contributed by atoms with E-state index in [0.717, 1.165) is 35.5 Å². The lowest BCUT2D eigenvalue weighted by atomic mass is 10.0. The molecular weight excluding hydrogens is 390 g/mol. The minimum Gasteiger partial charge on any atom is -0.255 e. The first-order valence-electron chi connectivity index (χ1n) is 12.7. The predicted octanol–water partition coefficient (Wildman–Crippen LogP) is 8.23. The van der Waals surface area contributed by atoms with Gasteiger partial charge in [-0.25, -0.2) is 9.97 Å². The molecule has 0 saturated carbocycles. The second kappa shape index (κ2) is 13.8. The van der Waals surface area contributed by atoms with Gasteiger partial charge >= 0.3 is 0 Å². The van der Waals surface area contributed by atoms with Crippen LogP contribution in [0.3, 0.4) is 0 Å². The van der Waals surface area contributed by atoms with Gasteiger partial charge in [0.05, 0.1) is 5.69 Å². The number of aromatic nitrogens is 3. The van der Waals surface area contributed by atoms with Crippen molar-refractivity contribution < 1.29 is 0 Å². The highest BCUT2D eigenvalue weighted by molar-refractivity contribution is 5.63. The first-order valence-corrected chi connectivity index (χ1v) is 12.7. The van der Waals surface area contributed by atoms with Crippen molar-refractivity contribution in [2.75, 3.05) is 0 Å². The van der Waals surface area contributed by atoms with Gasteiger partial charge in [0.1, 0.15) is 0 Å². The predicted molar refractivity (Wildman–Crippen MR) is 136 cm³/mol. The lowest BCUT2D eigenvalue weighted by Crippen LogP contribution is -1.94. The zero-order chi connectivity index (χ0) is 22.4. The van der Waals surface area contributed by atoms with Crippen LogP contribution in [0.25, 0.3) is 22.6 Å². The number of hydrogen-bond donors (Lipinski definition) is 0. The van der Waals surface area contributed by atoms with E-state index in [4.69, 9.17) is 0 Å². The van der Waals surface area contributed by atoms with Crippen molar-refractivity contribution in [3.05, 3.63) is 66.1 Å². The van der Waals surface area contributed by atoms with Crippen molar-refractivity contribution in [3.63, 3.8) is 0 Å². The van der Waals surface area contributed by atoms with Crippen molar-refractivity contribution in [1.29, 1.82) is 0 Å². The van der Waals surface area contributed by atoms with Crippen LogP contribution in [0.4, 0.5) is 0 Å². The summed E-state index contributed by atoms with van der Waals surface area (Å²) in [4.78, 5) is 13.8. The number of hydrogen-bond acceptors (Lipinski definition) is 3. The van der Waals surface area contributed by atoms with E-state index >= 15 is 0 Å². The summed E-state index contributed by atoms with van der Waals surface area (Å²) in [5.41, 5.74) is 5.73. The van der Waals surface area contributed by atoms with Crippen LogP contribution < -0.4 is 0 Å². The van der Waals surface area contributed by atoms with Crippen molar-refractivity contribution in [2.45, 2.75) is 90.9 Å². The summed E-state index contributed by atoms with van der Waals surface area (Å²) < 4.78 is 0. The van der Waals surface area contributed by atoms with Gasteiger partial charge in [0.15, 0.2) is 5.82 Å². The molecule has 3 aromatic rings. The minimum atomic E-state index is 0.749. The molecule has 0 bridgehead atoms. The molecule has 0 spiro atoms. The van der Waals surface area contributed by atoms with Crippen LogP contribution in [0.2, 0.25) is 0 Å². The molecule has 0 unspecified atom stereocenters. The Morgan fingerprint density at radius 1 is 0.500 bits per heavy atom. The van der Waals surface area contributed by atoms with Gasteiger partial charge in [-0.15, -0.1) is 0 Å². The number of pyridine rings is 1. The van der Waals surface area contributed by atoms with Crippen LogP contribution in [-0.4, -0.2) is 15.0 Å². The highest BCUT2D eigenvalue weighted by Gasteiger charge is 2.05. The molecule has 0 radical (unpaired) electrons. The van der Waals surface area contributed by atoms with E-state index in [1.807, 2.05) is 18.6 Å². The Hall–Kier alpha value is -2.55. The van der Waals surface area contributed by atoms with Crippen LogP contribution in [-0.2, 0) is 12.8 Å². The van der Waals surface area contributed by atoms with E-state index < -0.39 is 0 Å². The molecule has 0 atom stereocenters. The van der Waals surface area contributed by atoms with Crippen molar-refractivity contribution in [3.8, 4) is 22.6 Å². The minimum absolute atomic E-state index is 0.749. The quantitative estimate of drug-likeness (QED) is 0.242. The summed E-state index contributed by atoms with van der Waals surface area (Å²) >= 11 is 0. The van der Waals surface area contributed by atoms with E-state index in [-0.39, 0.29) is 0 Å². The maximum Gasteiger partial charge on any atom is 0.160 e. The Balaban J connectivity index is 1.46. The Kier molecular flexibility index (Phi) is 10.4. The van der Waals surface area contributed by atoms with Crippen molar-refractivity contribution in [1.82, 2.24) is 15.0 Å². The molecule has 0 amide bonds. The Morgan fingerprint density at radius 3 is 1.72 bits per heavy atom. The Labute approximate surface area is 194 Å². The fourth-order valence-electron chi connectivity index (χ4n) is 4.02. The molecule has 3 heteroatoms. The third-order valence-electron chi connectivity index (χ3n) is 6.11. The van der Waals surface area contributed by atoms with Crippen LogP contribution in [0, 0.1) is 0 Å². The fourth-order valence-corrected chi connectivity index (χ4v) is 4.02. The van der Waals surface area contributed by atoms with Crippen molar-refractivity contribution in [2.24, 2.45) is 0 Å². The van der Waals surface area contributed by atoms with Crippen LogP contribution >= 0.6 is 0 Å². The van der Waals surface area contributed by atoms with Gasteiger partial charge in [-0.1, -0.05) is 89.5 Å². The summed E-state index contributed by atoms with van der Waals surface area (Å²) in [5.74, 6) is 0.749. The standard InChI is InChI=1S/C29H39N3/c1-3-5-7-8-9-10-11-12-14-25-21-31-29(32-22-25)27-19-20-28(30-23-27)26-17-15-24(16-18-26)13-6-4-2/h15-23H,3-14H2,1-2H3. The van der Waals surface area contributed by atoms with Crippen LogP contribution in [0.15, 0.2) is 55.0 Å². The number of benzene rings is 1. The molecule has 3 nitrogen and oxygen atoms in total. The second-order valence-electron chi connectivity index (χ2n) is 8.87. The molecule has 0 N–H and O–H groups in total.